The number of nitrogens with two attached hydrogens (primary N) is 1. The van der Waals surface area contributed by atoms with Crippen LogP contribution in [0.2, 0.25) is 5.02 Å². The molecule has 0 saturated carbocycles. The smallest absolute Gasteiger partial charge is 0.267 e. The molecule has 18 heavy (non-hydrogen) atoms. The summed E-state index contributed by atoms with van der Waals surface area (Å²) >= 11 is 10.5. The molecule has 0 aliphatic rings. The summed E-state index contributed by atoms with van der Waals surface area (Å²) in [6.45, 7) is 0.308. The Balaban J connectivity index is 2.26. The number of hydrogen-bond donors (Lipinski definition) is 2. The van der Waals surface area contributed by atoms with Gasteiger partial charge in [0.05, 0.1) is 16.9 Å². The maximum atomic E-state index is 12.0. The lowest BCUT2D eigenvalue weighted by Crippen LogP contribution is -2.13. The molecule has 0 aliphatic carbocycles. The third kappa shape index (κ3) is 2.89. The molecule has 0 spiro atoms. The van der Waals surface area contributed by atoms with Gasteiger partial charge in [-0.25, -0.2) is 4.98 Å². The maximum Gasteiger partial charge on any atom is 0.267 e. The molecule has 1 amide bonds. The summed E-state index contributed by atoms with van der Waals surface area (Å²) in [5.41, 5.74) is 6.95. The van der Waals surface area contributed by atoms with E-state index < -0.39 is 0 Å². The van der Waals surface area contributed by atoms with E-state index in [4.69, 9.17) is 17.3 Å². The zero-order valence-corrected chi connectivity index (χ0v) is 12.3. The molecule has 0 aliphatic heterocycles. The van der Waals surface area contributed by atoms with Gasteiger partial charge in [-0.2, -0.15) is 0 Å². The highest BCUT2D eigenvalue weighted by Crippen LogP contribution is 2.27. The number of thiazole rings is 1. The second kappa shape index (κ2) is 5.79. The van der Waals surface area contributed by atoms with Crippen molar-refractivity contribution >= 4 is 50.5 Å². The molecular weight excluding hydrogens is 338 g/mol. The van der Waals surface area contributed by atoms with Crippen molar-refractivity contribution < 1.29 is 4.79 Å². The first kappa shape index (κ1) is 13.5. The van der Waals surface area contributed by atoms with Crippen LogP contribution in [-0.4, -0.2) is 10.9 Å². The number of para-hydroxylation sites is 1. The van der Waals surface area contributed by atoms with Crippen LogP contribution in [0, 0.1) is 0 Å². The predicted molar refractivity (Wildman–Crippen MR) is 77.1 cm³/mol. The second-order valence-electron chi connectivity index (χ2n) is 3.41. The van der Waals surface area contributed by atoms with E-state index >= 15 is 0 Å². The first-order valence-corrected chi connectivity index (χ1v) is 7.00. The first-order valence-electron chi connectivity index (χ1n) is 5.02. The van der Waals surface area contributed by atoms with Crippen LogP contribution in [0.1, 0.15) is 15.2 Å². The number of anilines is 1. The molecule has 0 radical (unpaired) electrons. The Morgan fingerprint density at radius 2 is 2.33 bits per heavy atom. The van der Waals surface area contributed by atoms with E-state index in [-0.39, 0.29) is 5.91 Å². The van der Waals surface area contributed by atoms with E-state index in [0.29, 0.717) is 26.0 Å². The molecule has 0 bridgehead atoms. The van der Waals surface area contributed by atoms with Gasteiger partial charge in [0.25, 0.3) is 5.91 Å². The standard InChI is InChI=1S/C11H9BrClN3OS/c12-11-15-5-8(18-11)10(17)16-9-6(4-14)2-1-3-7(9)13/h1-3,5H,4,14H2,(H,16,17). The fraction of sp³-hybridized carbons (Fsp3) is 0.0909. The summed E-state index contributed by atoms with van der Waals surface area (Å²) < 4.78 is 0.658. The van der Waals surface area contributed by atoms with Crippen LogP contribution >= 0.6 is 38.9 Å². The van der Waals surface area contributed by atoms with E-state index in [0.717, 1.165) is 5.56 Å². The lowest BCUT2D eigenvalue weighted by molar-refractivity contribution is 0.103. The van der Waals surface area contributed by atoms with Crippen LogP contribution in [0.5, 0.6) is 0 Å². The number of amides is 1. The van der Waals surface area contributed by atoms with Crippen molar-refractivity contribution in [1.82, 2.24) is 4.98 Å². The van der Waals surface area contributed by atoms with Gasteiger partial charge in [-0.1, -0.05) is 23.7 Å². The Hall–Kier alpha value is -0.950. The van der Waals surface area contributed by atoms with Crippen molar-refractivity contribution in [2.24, 2.45) is 5.73 Å². The van der Waals surface area contributed by atoms with Crippen LogP contribution in [0.15, 0.2) is 28.3 Å². The van der Waals surface area contributed by atoms with Crippen LogP contribution in [0.3, 0.4) is 0 Å². The predicted octanol–water partition coefficient (Wildman–Crippen LogP) is 3.27. The SMILES string of the molecule is NCc1cccc(Cl)c1NC(=O)c1cnc(Br)s1. The molecule has 4 nitrogen and oxygen atoms in total. The van der Waals surface area contributed by atoms with E-state index in [1.807, 2.05) is 6.07 Å². The van der Waals surface area contributed by atoms with Crippen molar-refractivity contribution in [2.75, 3.05) is 5.32 Å². The number of rotatable bonds is 3. The largest absolute Gasteiger partial charge is 0.326 e. The lowest BCUT2D eigenvalue weighted by atomic mass is 10.1. The number of carbonyl (C=O) groups is 1. The van der Waals surface area contributed by atoms with Crippen LogP contribution < -0.4 is 11.1 Å². The molecule has 7 heteroatoms. The molecule has 2 rings (SSSR count). The van der Waals surface area contributed by atoms with Crippen LogP contribution in [-0.2, 0) is 6.54 Å². The summed E-state index contributed by atoms with van der Waals surface area (Å²) in [7, 11) is 0. The molecule has 0 unspecified atom stereocenters. The third-order valence-corrected chi connectivity index (χ3v) is 4.05. The van der Waals surface area contributed by atoms with Gasteiger partial charge in [0.2, 0.25) is 0 Å². The average Bonchev–Trinajstić information content (AvgIpc) is 2.78. The number of benzene rings is 1. The lowest BCUT2D eigenvalue weighted by Gasteiger charge is -2.10. The zero-order valence-electron chi connectivity index (χ0n) is 9.11. The van der Waals surface area contributed by atoms with Gasteiger partial charge >= 0.3 is 0 Å². The Bertz CT molecular complexity index is 587. The van der Waals surface area contributed by atoms with Crippen LogP contribution in [0.4, 0.5) is 5.69 Å². The van der Waals surface area contributed by atoms with Gasteiger partial charge in [-0.05, 0) is 27.6 Å². The number of nitrogens with one attached hydrogen (secondary N) is 1. The van der Waals surface area contributed by atoms with Gasteiger partial charge in [0, 0.05) is 6.54 Å². The summed E-state index contributed by atoms with van der Waals surface area (Å²) in [6, 6.07) is 5.33. The average molecular weight is 347 g/mol. The Labute approximate surface area is 121 Å². The number of nitrogens with zero attached hydrogens (tertiary/aromatic N) is 1. The third-order valence-electron chi connectivity index (χ3n) is 2.26. The van der Waals surface area contributed by atoms with Gasteiger partial charge in [-0.15, -0.1) is 11.3 Å². The van der Waals surface area contributed by atoms with E-state index in [9.17, 15) is 4.79 Å². The molecule has 3 N–H and O–H groups in total. The summed E-state index contributed by atoms with van der Waals surface area (Å²) in [6.07, 6.45) is 1.50. The monoisotopic (exact) mass is 345 g/mol. The van der Waals surface area contributed by atoms with Crippen molar-refractivity contribution in [1.29, 1.82) is 0 Å². The van der Waals surface area contributed by atoms with Gasteiger partial charge in [0.1, 0.15) is 4.88 Å². The topological polar surface area (TPSA) is 68.0 Å². The Morgan fingerprint density at radius 3 is 2.94 bits per heavy atom. The van der Waals surface area contributed by atoms with Crippen LogP contribution in [0.25, 0.3) is 0 Å². The summed E-state index contributed by atoms with van der Waals surface area (Å²) in [5.74, 6) is -0.249. The van der Waals surface area contributed by atoms with Crippen molar-refractivity contribution in [3.05, 3.63) is 43.8 Å². The minimum absolute atomic E-state index is 0.249. The van der Waals surface area contributed by atoms with E-state index in [1.54, 1.807) is 12.1 Å². The maximum absolute atomic E-state index is 12.0. The molecule has 0 saturated heterocycles. The number of hydrogen-bond acceptors (Lipinski definition) is 4. The number of halogens is 2. The van der Waals surface area contributed by atoms with Gasteiger partial charge in [0.15, 0.2) is 3.92 Å². The minimum Gasteiger partial charge on any atom is -0.326 e. The second-order valence-corrected chi connectivity index (χ2v) is 6.12. The number of carbonyl (C=O) groups excluding carboxylic acids is 1. The quantitative estimate of drug-likeness (QED) is 0.896. The highest BCUT2D eigenvalue weighted by molar-refractivity contribution is 9.11. The van der Waals surface area contributed by atoms with E-state index in [2.05, 4.69) is 26.2 Å². The Morgan fingerprint density at radius 1 is 1.56 bits per heavy atom. The van der Waals surface area contributed by atoms with Gasteiger partial charge in [-0.3, -0.25) is 4.79 Å². The molecule has 94 valence electrons. The molecule has 0 atom stereocenters. The fourth-order valence-corrected chi connectivity index (χ4v) is 2.81. The summed E-state index contributed by atoms with van der Waals surface area (Å²) in [5, 5.41) is 3.23. The highest BCUT2D eigenvalue weighted by Gasteiger charge is 2.13. The van der Waals surface area contributed by atoms with Crippen molar-refractivity contribution in [3.63, 3.8) is 0 Å². The Kier molecular flexibility index (Phi) is 4.34. The fourth-order valence-electron chi connectivity index (χ4n) is 1.41. The minimum atomic E-state index is -0.249. The van der Waals surface area contributed by atoms with Gasteiger partial charge < -0.3 is 11.1 Å². The molecular formula is C11H9BrClN3OS. The first-order chi connectivity index (χ1) is 8.61. The molecule has 1 heterocycles. The van der Waals surface area contributed by atoms with Crippen molar-refractivity contribution in [3.8, 4) is 0 Å². The number of aromatic nitrogens is 1. The molecule has 1 aromatic heterocycles. The normalized spacial score (nSPS) is 10.4. The molecule has 1 aromatic carbocycles. The van der Waals surface area contributed by atoms with Crippen molar-refractivity contribution in [2.45, 2.75) is 6.54 Å². The molecule has 0 fully saturated rings. The molecule has 2 aromatic rings. The van der Waals surface area contributed by atoms with E-state index in [1.165, 1.54) is 17.5 Å². The summed E-state index contributed by atoms with van der Waals surface area (Å²) in [4.78, 5) is 16.5. The zero-order chi connectivity index (χ0) is 13.1. The highest BCUT2D eigenvalue weighted by atomic mass is 79.9.